The van der Waals surface area contributed by atoms with E-state index in [1.54, 1.807) is 4.90 Å². The molecule has 1 fully saturated rings. The van der Waals surface area contributed by atoms with Gasteiger partial charge in [-0.05, 0) is 18.1 Å². The largest absolute Gasteiger partial charge is 0.365 e. The van der Waals surface area contributed by atoms with Gasteiger partial charge in [0.2, 0.25) is 5.91 Å². The summed E-state index contributed by atoms with van der Waals surface area (Å²) in [6.07, 6.45) is 1.06. The van der Waals surface area contributed by atoms with E-state index in [4.69, 9.17) is 4.74 Å². The lowest BCUT2D eigenvalue weighted by Crippen LogP contribution is -2.51. The molecule has 0 bridgehead atoms. The first kappa shape index (κ1) is 16.4. The van der Waals surface area contributed by atoms with E-state index in [2.05, 4.69) is 10.3 Å². The lowest BCUT2D eigenvalue weighted by Gasteiger charge is -2.33. The molecule has 1 N–H and O–H groups in total. The minimum atomic E-state index is -0.666. The molecule has 2 heterocycles. The number of ether oxygens (including phenoxy) is 1. The van der Waals surface area contributed by atoms with Crippen molar-refractivity contribution < 1.29 is 18.7 Å². The average molecular weight is 309 g/mol. The summed E-state index contributed by atoms with van der Waals surface area (Å²) in [4.78, 5) is 29.1. The first-order chi connectivity index (χ1) is 10.5. The number of aromatic nitrogens is 1. The van der Waals surface area contributed by atoms with Gasteiger partial charge in [0.05, 0.1) is 6.10 Å². The summed E-state index contributed by atoms with van der Waals surface area (Å²) in [7, 11) is 0. The highest BCUT2D eigenvalue weighted by molar-refractivity contribution is 5.92. The Kier molecular flexibility index (Phi) is 5.43. The second kappa shape index (κ2) is 7.31. The van der Waals surface area contributed by atoms with Crippen molar-refractivity contribution in [2.75, 3.05) is 26.2 Å². The van der Waals surface area contributed by atoms with E-state index < -0.39 is 11.7 Å². The number of rotatable bonds is 5. The first-order valence-electron chi connectivity index (χ1n) is 7.25. The molecule has 2 amide bonds. The van der Waals surface area contributed by atoms with Crippen molar-refractivity contribution in [3.8, 4) is 0 Å². The van der Waals surface area contributed by atoms with Gasteiger partial charge in [-0.15, -0.1) is 0 Å². The second-order valence-corrected chi connectivity index (χ2v) is 5.67. The number of nitrogens with zero attached hydrogens (tertiary/aromatic N) is 2. The predicted octanol–water partition coefficient (Wildman–Crippen LogP) is 0.834. The van der Waals surface area contributed by atoms with Gasteiger partial charge in [0.1, 0.15) is 6.61 Å². The maximum Gasteiger partial charge on any atom is 0.273 e. The van der Waals surface area contributed by atoms with Gasteiger partial charge in [-0.2, -0.15) is 0 Å². The van der Waals surface area contributed by atoms with Crippen LogP contribution >= 0.6 is 0 Å². The van der Waals surface area contributed by atoms with Crippen LogP contribution in [0.4, 0.5) is 4.39 Å². The van der Waals surface area contributed by atoms with E-state index in [9.17, 15) is 14.0 Å². The molecule has 6 nitrogen and oxygen atoms in total. The van der Waals surface area contributed by atoms with Gasteiger partial charge in [-0.3, -0.25) is 9.59 Å². The molecule has 120 valence electrons. The lowest BCUT2D eigenvalue weighted by atomic mass is 10.1. The Hall–Kier alpha value is -2.02. The van der Waals surface area contributed by atoms with Crippen LogP contribution in [-0.4, -0.2) is 54.0 Å². The van der Waals surface area contributed by atoms with Gasteiger partial charge >= 0.3 is 0 Å². The Morgan fingerprint density at radius 2 is 2.36 bits per heavy atom. The number of hydrogen-bond acceptors (Lipinski definition) is 4. The summed E-state index contributed by atoms with van der Waals surface area (Å²) in [5, 5.41) is 2.59. The van der Waals surface area contributed by atoms with Gasteiger partial charge in [0.15, 0.2) is 11.5 Å². The molecule has 0 aromatic carbocycles. The zero-order valence-electron chi connectivity index (χ0n) is 12.7. The molecule has 1 aromatic rings. The van der Waals surface area contributed by atoms with E-state index in [-0.39, 0.29) is 30.9 Å². The summed E-state index contributed by atoms with van der Waals surface area (Å²) in [5.74, 6) is -0.942. The summed E-state index contributed by atoms with van der Waals surface area (Å²) in [6, 6.07) is 2.60. The number of nitrogens with one attached hydrogen (secondary N) is 1. The van der Waals surface area contributed by atoms with Crippen LogP contribution in [0.2, 0.25) is 0 Å². The van der Waals surface area contributed by atoms with Crippen molar-refractivity contribution in [2.45, 2.75) is 20.0 Å². The molecule has 1 aliphatic rings. The van der Waals surface area contributed by atoms with Crippen molar-refractivity contribution in [3.63, 3.8) is 0 Å². The third-order valence-corrected chi connectivity index (χ3v) is 3.27. The molecule has 1 aromatic heterocycles. The molecule has 22 heavy (non-hydrogen) atoms. The van der Waals surface area contributed by atoms with E-state index in [0.717, 1.165) is 0 Å². The standard InChI is InChI=1S/C15H20FN3O3/c1-10(2)7-19-8-11(22-9-13(19)20)6-18-15(21)14-12(16)4-3-5-17-14/h3-5,10-11H,6-9H2,1-2H3,(H,18,21). The van der Waals surface area contributed by atoms with Gasteiger partial charge in [-0.25, -0.2) is 9.37 Å². The number of carbonyl (C=O) groups excluding carboxylic acids is 2. The fourth-order valence-electron chi connectivity index (χ4n) is 2.26. The van der Waals surface area contributed by atoms with Crippen LogP contribution in [0.15, 0.2) is 18.3 Å². The highest BCUT2D eigenvalue weighted by Gasteiger charge is 2.27. The Bertz CT molecular complexity index is 551. The highest BCUT2D eigenvalue weighted by atomic mass is 19.1. The van der Waals surface area contributed by atoms with Crippen molar-refractivity contribution in [1.82, 2.24) is 15.2 Å². The zero-order valence-corrected chi connectivity index (χ0v) is 12.7. The third-order valence-electron chi connectivity index (χ3n) is 3.27. The van der Waals surface area contributed by atoms with Crippen LogP contribution in [-0.2, 0) is 9.53 Å². The molecule has 1 atom stereocenters. The molecule has 1 aliphatic heterocycles. The van der Waals surface area contributed by atoms with Gasteiger partial charge in [0, 0.05) is 25.8 Å². The quantitative estimate of drug-likeness (QED) is 0.875. The SMILES string of the molecule is CC(C)CN1CC(CNC(=O)c2ncccc2F)OCC1=O. The normalized spacial score (nSPS) is 18.6. The number of halogens is 1. The number of pyridine rings is 1. The maximum atomic E-state index is 13.5. The van der Waals surface area contributed by atoms with Crippen LogP contribution in [0.5, 0.6) is 0 Å². The molecule has 7 heteroatoms. The number of carbonyl (C=O) groups is 2. The predicted molar refractivity (Wildman–Crippen MR) is 77.7 cm³/mol. The van der Waals surface area contributed by atoms with Crippen LogP contribution in [0, 0.1) is 11.7 Å². The molecule has 1 unspecified atom stereocenters. The lowest BCUT2D eigenvalue weighted by molar-refractivity contribution is -0.149. The first-order valence-corrected chi connectivity index (χ1v) is 7.25. The number of morpholine rings is 1. The van der Waals surface area contributed by atoms with Crippen LogP contribution in [0.25, 0.3) is 0 Å². The summed E-state index contributed by atoms with van der Waals surface area (Å²) in [6.45, 7) is 5.35. The Balaban J connectivity index is 1.87. The molecule has 0 saturated carbocycles. The van der Waals surface area contributed by atoms with Crippen molar-refractivity contribution in [3.05, 3.63) is 29.8 Å². The van der Waals surface area contributed by atoms with Crippen molar-refractivity contribution >= 4 is 11.8 Å². The van der Waals surface area contributed by atoms with Gasteiger partial charge in [0.25, 0.3) is 5.91 Å². The van der Waals surface area contributed by atoms with Crippen LogP contribution in [0.3, 0.4) is 0 Å². The fraction of sp³-hybridized carbons (Fsp3) is 0.533. The highest BCUT2D eigenvalue weighted by Crippen LogP contribution is 2.09. The topological polar surface area (TPSA) is 71.5 Å². The molecule has 0 spiro atoms. The number of amides is 2. The maximum absolute atomic E-state index is 13.5. The summed E-state index contributed by atoms with van der Waals surface area (Å²) in [5.41, 5.74) is -0.242. The van der Waals surface area contributed by atoms with Gasteiger partial charge < -0.3 is 15.0 Å². The Morgan fingerprint density at radius 3 is 3.05 bits per heavy atom. The minimum Gasteiger partial charge on any atom is -0.365 e. The molecule has 0 radical (unpaired) electrons. The molecular formula is C15H20FN3O3. The van der Waals surface area contributed by atoms with Crippen molar-refractivity contribution in [2.24, 2.45) is 5.92 Å². The smallest absolute Gasteiger partial charge is 0.273 e. The molecular weight excluding hydrogens is 289 g/mol. The Morgan fingerprint density at radius 1 is 1.59 bits per heavy atom. The summed E-state index contributed by atoms with van der Waals surface area (Å²) >= 11 is 0. The zero-order chi connectivity index (χ0) is 16.1. The van der Waals surface area contributed by atoms with Crippen LogP contribution in [0.1, 0.15) is 24.3 Å². The van der Waals surface area contributed by atoms with E-state index in [0.29, 0.717) is 19.0 Å². The third kappa shape index (κ3) is 4.24. The fourth-order valence-corrected chi connectivity index (χ4v) is 2.26. The number of hydrogen-bond donors (Lipinski definition) is 1. The summed E-state index contributed by atoms with van der Waals surface area (Å²) < 4.78 is 18.9. The Labute approximate surface area is 128 Å². The molecule has 2 rings (SSSR count). The van der Waals surface area contributed by atoms with Gasteiger partial charge in [-0.1, -0.05) is 13.8 Å². The van der Waals surface area contributed by atoms with Crippen LogP contribution < -0.4 is 5.32 Å². The van der Waals surface area contributed by atoms with Crippen molar-refractivity contribution in [1.29, 1.82) is 0 Å². The van der Waals surface area contributed by atoms with E-state index >= 15 is 0 Å². The monoisotopic (exact) mass is 309 g/mol. The molecule has 0 aliphatic carbocycles. The van der Waals surface area contributed by atoms with E-state index in [1.165, 1.54) is 18.3 Å². The average Bonchev–Trinajstić information content (AvgIpc) is 2.47. The molecule has 1 saturated heterocycles. The second-order valence-electron chi connectivity index (χ2n) is 5.67. The minimum absolute atomic E-state index is 0.00516. The van der Waals surface area contributed by atoms with E-state index in [1.807, 2.05) is 13.8 Å².